The minimum Gasteiger partial charge on any atom is -0.361 e. The van der Waals surface area contributed by atoms with Crippen LogP contribution in [0.25, 0.3) is 5.69 Å². The van der Waals surface area contributed by atoms with Gasteiger partial charge in [0.25, 0.3) is 0 Å². The minimum atomic E-state index is -0.128. The number of nitrogens with zero attached hydrogens (tertiary/aromatic N) is 4. The number of para-hydroxylation sites is 1. The molecule has 0 saturated heterocycles. The number of hydrogen-bond donors (Lipinski definition) is 1. The van der Waals surface area contributed by atoms with Crippen molar-refractivity contribution in [2.24, 2.45) is 0 Å². The lowest BCUT2D eigenvalue weighted by molar-refractivity contribution is 0.101. The SMILES string of the molecule is CC(=O)c1nnn(-c2ccccc2)c1NC(C)c1ccncc1. The van der Waals surface area contributed by atoms with E-state index in [2.05, 4.69) is 20.6 Å². The van der Waals surface area contributed by atoms with Gasteiger partial charge in [-0.05, 0) is 36.8 Å². The molecule has 0 spiro atoms. The molecule has 23 heavy (non-hydrogen) atoms. The molecule has 1 aromatic carbocycles. The molecule has 0 aliphatic heterocycles. The van der Waals surface area contributed by atoms with E-state index in [-0.39, 0.29) is 11.8 Å². The zero-order valence-corrected chi connectivity index (χ0v) is 13.0. The van der Waals surface area contributed by atoms with Crippen LogP contribution in [0.1, 0.15) is 35.9 Å². The zero-order chi connectivity index (χ0) is 16.2. The predicted molar refractivity (Wildman–Crippen MR) is 87.6 cm³/mol. The number of anilines is 1. The molecule has 0 aliphatic carbocycles. The van der Waals surface area contributed by atoms with Crippen molar-refractivity contribution >= 4 is 11.6 Å². The van der Waals surface area contributed by atoms with E-state index < -0.39 is 0 Å². The number of Topliss-reactive ketones (excluding diaryl/α,β-unsaturated/α-hetero) is 1. The van der Waals surface area contributed by atoms with Crippen molar-refractivity contribution in [3.05, 3.63) is 66.1 Å². The van der Waals surface area contributed by atoms with Gasteiger partial charge in [0.1, 0.15) is 0 Å². The first-order chi connectivity index (χ1) is 11.2. The quantitative estimate of drug-likeness (QED) is 0.733. The minimum absolute atomic E-state index is 0.0166. The van der Waals surface area contributed by atoms with Gasteiger partial charge in [0.05, 0.1) is 11.7 Å². The van der Waals surface area contributed by atoms with E-state index in [1.807, 2.05) is 49.4 Å². The van der Waals surface area contributed by atoms with E-state index >= 15 is 0 Å². The highest BCUT2D eigenvalue weighted by Gasteiger charge is 2.19. The Morgan fingerprint density at radius 3 is 2.48 bits per heavy atom. The van der Waals surface area contributed by atoms with Crippen LogP contribution in [0.15, 0.2) is 54.9 Å². The van der Waals surface area contributed by atoms with E-state index in [0.717, 1.165) is 11.3 Å². The van der Waals surface area contributed by atoms with Crippen molar-refractivity contribution in [3.8, 4) is 5.69 Å². The molecule has 1 atom stereocenters. The van der Waals surface area contributed by atoms with Crippen LogP contribution in [0.5, 0.6) is 0 Å². The molecule has 2 heterocycles. The van der Waals surface area contributed by atoms with Crippen molar-refractivity contribution in [2.45, 2.75) is 19.9 Å². The Kier molecular flexibility index (Phi) is 4.14. The maximum absolute atomic E-state index is 11.9. The number of aromatic nitrogens is 4. The summed E-state index contributed by atoms with van der Waals surface area (Å²) in [6, 6.07) is 13.4. The smallest absolute Gasteiger partial charge is 0.183 e. The third-order valence-corrected chi connectivity index (χ3v) is 3.56. The zero-order valence-electron chi connectivity index (χ0n) is 13.0. The van der Waals surface area contributed by atoms with Crippen molar-refractivity contribution in [1.82, 2.24) is 20.0 Å². The Balaban J connectivity index is 2.00. The molecule has 0 saturated carbocycles. The third-order valence-electron chi connectivity index (χ3n) is 3.56. The molecule has 0 bridgehead atoms. The van der Waals surface area contributed by atoms with Gasteiger partial charge in [0.15, 0.2) is 17.3 Å². The van der Waals surface area contributed by atoms with Crippen molar-refractivity contribution in [2.75, 3.05) is 5.32 Å². The van der Waals surface area contributed by atoms with Crippen molar-refractivity contribution in [3.63, 3.8) is 0 Å². The number of rotatable bonds is 5. The molecule has 1 unspecified atom stereocenters. The molecule has 0 amide bonds. The van der Waals surface area contributed by atoms with Gasteiger partial charge in [-0.15, -0.1) is 5.10 Å². The molecule has 1 N–H and O–H groups in total. The van der Waals surface area contributed by atoms with Crippen LogP contribution in [-0.2, 0) is 0 Å². The lowest BCUT2D eigenvalue weighted by Crippen LogP contribution is -2.13. The van der Waals surface area contributed by atoms with Crippen molar-refractivity contribution in [1.29, 1.82) is 0 Å². The normalized spacial score (nSPS) is 11.9. The summed E-state index contributed by atoms with van der Waals surface area (Å²) in [5, 5.41) is 11.5. The van der Waals surface area contributed by atoms with Crippen LogP contribution in [-0.4, -0.2) is 25.8 Å². The number of hydrogen-bond acceptors (Lipinski definition) is 5. The molecule has 3 rings (SSSR count). The Labute approximate surface area is 134 Å². The number of carbonyl (C=O) groups is 1. The number of nitrogens with one attached hydrogen (secondary N) is 1. The number of ketones is 1. The lowest BCUT2D eigenvalue weighted by atomic mass is 10.1. The van der Waals surface area contributed by atoms with Crippen LogP contribution < -0.4 is 5.32 Å². The summed E-state index contributed by atoms with van der Waals surface area (Å²) in [6.07, 6.45) is 3.48. The molecule has 6 nitrogen and oxygen atoms in total. The predicted octanol–water partition coefficient (Wildman–Crippen LogP) is 3.04. The second kappa shape index (κ2) is 6.39. The van der Waals surface area contributed by atoms with Crippen molar-refractivity contribution < 1.29 is 4.79 Å². The molecule has 6 heteroatoms. The van der Waals surface area contributed by atoms with Crippen LogP contribution >= 0.6 is 0 Å². The van der Waals surface area contributed by atoms with Crippen LogP contribution in [0, 0.1) is 0 Å². The van der Waals surface area contributed by atoms with E-state index in [9.17, 15) is 4.79 Å². The molecule has 3 aromatic rings. The first-order valence-electron chi connectivity index (χ1n) is 7.35. The summed E-state index contributed by atoms with van der Waals surface area (Å²) in [7, 11) is 0. The van der Waals surface area contributed by atoms with Gasteiger partial charge in [-0.25, -0.2) is 0 Å². The highest BCUT2D eigenvalue weighted by atomic mass is 16.1. The number of pyridine rings is 1. The van der Waals surface area contributed by atoms with Gasteiger partial charge in [0, 0.05) is 19.3 Å². The van der Waals surface area contributed by atoms with E-state index in [1.165, 1.54) is 6.92 Å². The van der Waals surface area contributed by atoms with E-state index in [4.69, 9.17) is 0 Å². The van der Waals surface area contributed by atoms with Crippen LogP contribution in [0.2, 0.25) is 0 Å². The largest absolute Gasteiger partial charge is 0.361 e. The van der Waals surface area contributed by atoms with E-state index in [0.29, 0.717) is 11.5 Å². The van der Waals surface area contributed by atoms with Gasteiger partial charge < -0.3 is 5.32 Å². The fourth-order valence-electron chi connectivity index (χ4n) is 2.34. The number of benzene rings is 1. The number of carbonyl (C=O) groups excluding carboxylic acids is 1. The molecular weight excluding hydrogens is 290 g/mol. The average Bonchev–Trinajstić information content (AvgIpc) is 3.00. The summed E-state index contributed by atoms with van der Waals surface area (Å²) in [4.78, 5) is 15.9. The summed E-state index contributed by atoms with van der Waals surface area (Å²) in [5.41, 5.74) is 2.24. The van der Waals surface area contributed by atoms with E-state index in [1.54, 1.807) is 17.1 Å². The van der Waals surface area contributed by atoms with Gasteiger partial charge in [-0.2, -0.15) is 4.68 Å². The fraction of sp³-hybridized carbons (Fsp3) is 0.176. The Hall–Kier alpha value is -3.02. The summed E-state index contributed by atoms with van der Waals surface area (Å²) >= 11 is 0. The lowest BCUT2D eigenvalue weighted by Gasteiger charge is -2.17. The molecule has 116 valence electrons. The monoisotopic (exact) mass is 307 g/mol. The Bertz CT molecular complexity index is 798. The summed E-state index contributed by atoms with van der Waals surface area (Å²) in [5.74, 6) is 0.463. The highest BCUT2D eigenvalue weighted by Crippen LogP contribution is 2.24. The average molecular weight is 307 g/mol. The standard InChI is InChI=1S/C17H17N5O/c1-12(14-8-10-18-11-9-14)19-17-16(13(2)23)20-21-22(17)15-6-4-3-5-7-15/h3-12,19H,1-2H3. The maximum atomic E-state index is 11.9. The molecular formula is C17H17N5O. The second-order valence-electron chi connectivity index (χ2n) is 5.24. The maximum Gasteiger partial charge on any atom is 0.183 e. The van der Waals surface area contributed by atoms with Gasteiger partial charge in [0.2, 0.25) is 0 Å². The van der Waals surface area contributed by atoms with Gasteiger partial charge in [-0.3, -0.25) is 9.78 Å². The first-order valence-corrected chi connectivity index (χ1v) is 7.35. The van der Waals surface area contributed by atoms with Crippen LogP contribution in [0.4, 0.5) is 5.82 Å². The van der Waals surface area contributed by atoms with Gasteiger partial charge in [-0.1, -0.05) is 23.4 Å². The highest BCUT2D eigenvalue weighted by molar-refractivity contribution is 5.96. The third kappa shape index (κ3) is 3.11. The molecule has 2 aromatic heterocycles. The molecule has 0 radical (unpaired) electrons. The first kappa shape index (κ1) is 14.9. The Morgan fingerprint density at radius 1 is 1.13 bits per heavy atom. The van der Waals surface area contributed by atoms with Gasteiger partial charge >= 0.3 is 0 Å². The molecule has 0 fully saturated rings. The van der Waals surface area contributed by atoms with Crippen LogP contribution in [0.3, 0.4) is 0 Å². The summed E-state index contributed by atoms with van der Waals surface area (Å²) < 4.78 is 1.65. The topological polar surface area (TPSA) is 72.7 Å². The second-order valence-corrected chi connectivity index (χ2v) is 5.24. The Morgan fingerprint density at radius 2 is 1.83 bits per heavy atom. The summed E-state index contributed by atoms with van der Waals surface area (Å²) in [6.45, 7) is 3.50. The fourth-order valence-corrected chi connectivity index (χ4v) is 2.34. The molecule has 0 aliphatic rings.